The molecule has 0 radical (unpaired) electrons. The molecule has 0 aromatic heterocycles. The maximum atomic E-state index is 11.2. The van der Waals surface area contributed by atoms with Gasteiger partial charge in [-0.1, -0.05) is 39.5 Å². The Hall–Kier alpha value is -1.97. The second kappa shape index (κ2) is 7.16. The molecule has 116 valence electrons. The number of esters is 1. The molecule has 0 unspecified atom stereocenters. The summed E-state index contributed by atoms with van der Waals surface area (Å²) in [7, 11) is 0. The molecule has 0 heterocycles. The fourth-order valence-electron chi connectivity index (χ4n) is 1.77. The highest BCUT2D eigenvalue weighted by Gasteiger charge is 2.20. The van der Waals surface area contributed by atoms with Gasteiger partial charge in [-0.25, -0.2) is 4.79 Å². The highest BCUT2D eigenvalue weighted by molar-refractivity contribution is 5.86. The standard InChI is InChI=1S/C17H24O4/c1-12(2)16(19)21-11-7-10-20-14-9-6-8-13(15(14)18)17(3,4)5/h6,8-9,18H,1,7,10-11H2,2-5H3. The topological polar surface area (TPSA) is 55.8 Å². The molecule has 0 fully saturated rings. The molecular formula is C17H24O4. The van der Waals surface area contributed by atoms with Crippen LogP contribution < -0.4 is 4.74 Å². The molecule has 4 nitrogen and oxygen atoms in total. The molecule has 1 aromatic carbocycles. The number of para-hydroxylation sites is 1. The Bertz CT molecular complexity index is 512. The molecule has 21 heavy (non-hydrogen) atoms. The van der Waals surface area contributed by atoms with E-state index in [0.717, 1.165) is 5.56 Å². The highest BCUT2D eigenvalue weighted by Crippen LogP contribution is 2.37. The maximum absolute atomic E-state index is 11.2. The second-order valence-corrected chi connectivity index (χ2v) is 6.02. The SMILES string of the molecule is C=C(C)C(=O)OCCCOc1cccc(C(C)(C)C)c1O. The molecular weight excluding hydrogens is 268 g/mol. The number of carbonyl (C=O) groups excluding carboxylic acids is 1. The molecule has 0 amide bonds. The van der Waals surface area contributed by atoms with Crippen molar-refractivity contribution < 1.29 is 19.4 Å². The van der Waals surface area contributed by atoms with Gasteiger partial charge < -0.3 is 14.6 Å². The van der Waals surface area contributed by atoms with Crippen molar-refractivity contribution in [1.82, 2.24) is 0 Å². The molecule has 0 spiro atoms. The number of hydrogen-bond acceptors (Lipinski definition) is 4. The lowest BCUT2D eigenvalue weighted by Gasteiger charge is -2.21. The molecule has 0 atom stereocenters. The Morgan fingerprint density at radius 2 is 1.95 bits per heavy atom. The van der Waals surface area contributed by atoms with E-state index >= 15 is 0 Å². The van der Waals surface area contributed by atoms with Gasteiger partial charge in [0.05, 0.1) is 13.2 Å². The van der Waals surface area contributed by atoms with Crippen molar-refractivity contribution >= 4 is 5.97 Å². The summed E-state index contributed by atoms with van der Waals surface area (Å²) in [5, 5.41) is 10.2. The van der Waals surface area contributed by atoms with Crippen LogP contribution in [0.15, 0.2) is 30.4 Å². The van der Waals surface area contributed by atoms with E-state index in [1.54, 1.807) is 13.0 Å². The van der Waals surface area contributed by atoms with Crippen LogP contribution >= 0.6 is 0 Å². The number of benzene rings is 1. The van der Waals surface area contributed by atoms with Crippen molar-refractivity contribution in [3.63, 3.8) is 0 Å². The summed E-state index contributed by atoms with van der Waals surface area (Å²) in [6.45, 7) is 11.8. The lowest BCUT2D eigenvalue weighted by atomic mass is 9.86. The summed E-state index contributed by atoms with van der Waals surface area (Å²) in [5.41, 5.74) is 1.07. The minimum Gasteiger partial charge on any atom is -0.504 e. The monoisotopic (exact) mass is 292 g/mol. The average Bonchev–Trinajstić information content (AvgIpc) is 2.38. The smallest absolute Gasteiger partial charge is 0.333 e. The third-order valence-electron chi connectivity index (χ3n) is 2.93. The molecule has 0 aliphatic carbocycles. The molecule has 0 aliphatic heterocycles. The first-order chi connectivity index (χ1) is 9.73. The molecule has 1 N–H and O–H groups in total. The number of ether oxygens (including phenoxy) is 2. The average molecular weight is 292 g/mol. The van der Waals surface area contributed by atoms with Gasteiger partial charge in [0.15, 0.2) is 11.5 Å². The van der Waals surface area contributed by atoms with Crippen LogP contribution in [0.3, 0.4) is 0 Å². The Balaban J connectivity index is 2.50. The maximum Gasteiger partial charge on any atom is 0.333 e. The predicted octanol–water partition coefficient (Wildman–Crippen LogP) is 3.58. The van der Waals surface area contributed by atoms with E-state index in [1.807, 2.05) is 32.9 Å². The van der Waals surface area contributed by atoms with Gasteiger partial charge >= 0.3 is 5.97 Å². The van der Waals surface area contributed by atoms with Crippen molar-refractivity contribution in [2.75, 3.05) is 13.2 Å². The van der Waals surface area contributed by atoms with Crippen LogP contribution in [0.4, 0.5) is 0 Å². The zero-order chi connectivity index (χ0) is 16.0. The van der Waals surface area contributed by atoms with E-state index < -0.39 is 5.97 Å². The number of phenolic OH excluding ortho intramolecular Hbond substituents is 1. The lowest BCUT2D eigenvalue weighted by Crippen LogP contribution is -2.12. The molecule has 0 bridgehead atoms. The van der Waals surface area contributed by atoms with Crippen LogP contribution in [-0.4, -0.2) is 24.3 Å². The van der Waals surface area contributed by atoms with Crippen LogP contribution in [0.2, 0.25) is 0 Å². The van der Waals surface area contributed by atoms with Gasteiger partial charge in [-0.3, -0.25) is 0 Å². The quantitative estimate of drug-likeness (QED) is 0.494. The molecule has 0 aliphatic rings. The Morgan fingerprint density at radius 3 is 2.52 bits per heavy atom. The zero-order valence-corrected chi connectivity index (χ0v) is 13.2. The summed E-state index contributed by atoms with van der Waals surface area (Å²) in [5.74, 6) is 0.227. The molecule has 0 saturated heterocycles. The zero-order valence-electron chi connectivity index (χ0n) is 13.2. The number of hydrogen-bond donors (Lipinski definition) is 1. The largest absolute Gasteiger partial charge is 0.504 e. The Kier molecular flexibility index (Phi) is 5.82. The first kappa shape index (κ1) is 17.1. The predicted molar refractivity (Wildman–Crippen MR) is 82.7 cm³/mol. The summed E-state index contributed by atoms with van der Waals surface area (Å²) in [6, 6.07) is 5.47. The normalized spacial score (nSPS) is 11.0. The number of carbonyl (C=O) groups is 1. The van der Waals surface area contributed by atoms with E-state index in [1.165, 1.54) is 0 Å². The molecule has 1 rings (SSSR count). The Morgan fingerprint density at radius 1 is 1.29 bits per heavy atom. The fraction of sp³-hybridized carbons (Fsp3) is 0.471. The highest BCUT2D eigenvalue weighted by atomic mass is 16.5. The van der Waals surface area contributed by atoms with Gasteiger partial charge in [0.1, 0.15) is 0 Å². The number of aromatic hydroxyl groups is 1. The minimum absolute atomic E-state index is 0.152. The van der Waals surface area contributed by atoms with E-state index in [-0.39, 0.29) is 17.8 Å². The van der Waals surface area contributed by atoms with Crippen LogP contribution in [0.25, 0.3) is 0 Å². The minimum atomic E-state index is -0.396. The first-order valence-corrected chi connectivity index (χ1v) is 7.01. The third-order valence-corrected chi connectivity index (χ3v) is 2.93. The van der Waals surface area contributed by atoms with Gasteiger partial charge in [0, 0.05) is 17.6 Å². The van der Waals surface area contributed by atoms with Crippen molar-refractivity contribution in [2.24, 2.45) is 0 Å². The van der Waals surface area contributed by atoms with Gasteiger partial charge in [0.25, 0.3) is 0 Å². The summed E-state index contributed by atoms with van der Waals surface area (Å²) >= 11 is 0. The number of phenols is 1. The van der Waals surface area contributed by atoms with Gasteiger partial charge in [-0.05, 0) is 18.4 Å². The van der Waals surface area contributed by atoms with Gasteiger partial charge in [0.2, 0.25) is 0 Å². The van der Waals surface area contributed by atoms with E-state index in [2.05, 4.69) is 6.58 Å². The van der Waals surface area contributed by atoms with Crippen molar-refractivity contribution in [1.29, 1.82) is 0 Å². The first-order valence-electron chi connectivity index (χ1n) is 7.01. The van der Waals surface area contributed by atoms with Crippen molar-refractivity contribution in [2.45, 2.75) is 39.5 Å². The second-order valence-electron chi connectivity index (χ2n) is 6.02. The van der Waals surface area contributed by atoms with Crippen molar-refractivity contribution in [3.05, 3.63) is 35.9 Å². The van der Waals surface area contributed by atoms with Gasteiger partial charge in [-0.2, -0.15) is 0 Å². The summed E-state index contributed by atoms with van der Waals surface area (Å²) in [4.78, 5) is 11.2. The third kappa shape index (κ3) is 5.14. The molecule has 1 aromatic rings. The summed E-state index contributed by atoms with van der Waals surface area (Å²) < 4.78 is 10.5. The van der Waals surface area contributed by atoms with Gasteiger partial charge in [-0.15, -0.1) is 0 Å². The van der Waals surface area contributed by atoms with E-state index in [9.17, 15) is 9.90 Å². The lowest BCUT2D eigenvalue weighted by molar-refractivity contribution is -0.139. The summed E-state index contributed by atoms with van der Waals surface area (Å²) in [6.07, 6.45) is 0.554. The molecule has 4 heteroatoms. The van der Waals surface area contributed by atoms with Crippen LogP contribution in [-0.2, 0) is 14.9 Å². The fourth-order valence-corrected chi connectivity index (χ4v) is 1.77. The van der Waals surface area contributed by atoms with Crippen LogP contribution in [0.1, 0.15) is 39.7 Å². The van der Waals surface area contributed by atoms with E-state index in [4.69, 9.17) is 9.47 Å². The van der Waals surface area contributed by atoms with Crippen LogP contribution in [0, 0.1) is 0 Å². The Labute approximate surface area is 126 Å². The van der Waals surface area contributed by atoms with Crippen LogP contribution in [0.5, 0.6) is 11.5 Å². The molecule has 0 saturated carbocycles. The van der Waals surface area contributed by atoms with Crippen molar-refractivity contribution in [3.8, 4) is 11.5 Å². The van der Waals surface area contributed by atoms with E-state index in [0.29, 0.717) is 24.4 Å². The number of rotatable bonds is 6.